The minimum atomic E-state index is 0.648. The van der Waals surface area contributed by atoms with E-state index in [0.29, 0.717) is 11.8 Å². The number of benzene rings is 2. The molecule has 23 heavy (non-hydrogen) atoms. The van der Waals surface area contributed by atoms with Crippen LogP contribution in [0, 0.1) is 20.8 Å². The molecule has 0 heteroatoms. The van der Waals surface area contributed by atoms with Crippen molar-refractivity contribution in [3.8, 4) is 0 Å². The average Bonchev–Trinajstić information content (AvgIpc) is 2.53. The highest BCUT2D eigenvalue weighted by molar-refractivity contribution is 5.34. The second-order valence-electron chi connectivity index (χ2n) is 6.51. The molecule has 0 N–H and O–H groups in total. The standard InChI is InChI=1S/C11H16.C10H14.C2H6/c1-8(2)11-7-5-6-9(3)10(11)4;1-8(2)10-6-4-9(3)5-7-10;1-2/h5-8H,1-4H3;4-8H,1-3H3;1-2H3. The normalized spacial score (nSPS) is 9.87. The van der Waals surface area contributed by atoms with Gasteiger partial charge in [-0.05, 0) is 54.9 Å². The fourth-order valence-corrected chi connectivity index (χ4v) is 2.35. The maximum atomic E-state index is 2.24. The maximum Gasteiger partial charge on any atom is -0.0216 e. The molecule has 0 amide bonds. The predicted octanol–water partition coefficient (Wildman–Crippen LogP) is 7.57. The Morgan fingerprint density at radius 1 is 0.652 bits per heavy atom. The summed E-state index contributed by atoms with van der Waals surface area (Å²) < 4.78 is 0. The zero-order valence-electron chi connectivity index (χ0n) is 16.7. The molecule has 0 saturated heterocycles. The first-order chi connectivity index (χ1) is 10.8. The summed E-state index contributed by atoms with van der Waals surface area (Å²) >= 11 is 0. The van der Waals surface area contributed by atoms with Crippen LogP contribution in [-0.4, -0.2) is 0 Å². The molecule has 0 aliphatic heterocycles. The van der Waals surface area contributed by atoms with Gasteiger partial charge in [0.05, 0.1) is 0 Å². The van der Waals surface area contributed by atoms with Crippen molar-refractivity contribution in [2.75, 3.05) is 0 Å². The first-order valence-electron chi connectivity index (χ1n) is 8.95. The second-order valence-corrected chi connectivity index (χ2v) is 6.51. The molecule has 0 atom stereocenters. The van der Waals surface area contributed by atoms with Gasteiger partial charge in [0.1, 0.15) is 0 Å². The molecule has 0 heterocycles. The molecule has 0 saturated carbocycles. The lowest BCUT2D eigenvalue weighted by atomic mass is 9.95. The lowest BCUT2D eigenvalue weighted by molar-refractivity contribution is 0.854. The summed E-state index contributed by atoms with van der Waals surface area (Å²) in [5.41, 5.74) is 7.08. The van der Waals surface area contributed by atoms with E-state index in [2.05, 4.69) is 90.9 Å². The fourth-order valence-electron chi connectivity index (χ4n) is 2.35. The Morgan fingerprint density at radius 2 is 1.17 bits per heavy atom. The minimum Gasteiger partial charge on any atom is -0.0683 e. The molecular weight excluding hydrogens is 276 g/mol. The Balaban J connectivity index is 0.000000381. The zero-order valence-corrected chi connectivity index (χ0v) is 16.7. The Labute approximate surface area is 145 Å². The van der Waals surface area contributed by atoms with Crippen LogP contribution in [0.5, 0.6) is 0 Å². The van der Waals surface area contributed by atoms with Crippen molar-refractivity contribution in [1.29, 1.82) is 0 Å². The van der Waals surface area contributed by atoms with Crippen LogP contribution in [0.4, 0.5) is 0 Å². The largest absolute Gasteiger partial charge is 0.0683 e. The van der Waals surface area contributed by atoms with E-state index in [4.69, 9.17) is 0 Å². The minimum absolute atomic E-state index is 0.648. The van der Waals surface area contributed by atoms with Gasteiger partial charge in [-0.3, -0.25) is 0 Å². The second kappa shape index (κ2) is 11.0. The van der Waals surface area contributed by atoms with Gasteiger partial charge >= 0.3 is 0 Å². The smallest absolute Gasteiger partial charge is 0.0216 e. The van der Waals surface area contributed by atoms with E-state index in [9.17, 15) is 0 Å². The Hall–Kier alpha value is -1.56. The van der Waals surface area contributed by atoms with E-state index in [1.165, 1.54) is 27.8 Å². The van der Waals surface area contributed by atoms with E-state index in [-0.39, 0.29) is 0 Å². The Morgan fingerprint density at radius 3 is 1.57 bits per heavy atom. The molecule has 0 aliphatic carbocycles. The topological polar surface area (TPSA) is 0 Å². The van der Waals surface area contributed by atoms with Crippen molar-refractivity contribution in [3.63, 3.8) is 0 Å². The summed E-state index contributed by atoms with van der Waals surface area (Å²) in [7, 11) is 0. The molecule has 0 aromatic heterocycles. The van der Waals surface area contributed by atoms with Crippen molar-refractivity contribution < 1.29 is 0 Å². The molecule has 0 aliphatic rings. The number of rotatable bonds is 2. The van der Waals surface area contributed by atoms with Crippen LogP contribution >= 0.6 is 0 Å². The van der Waals surface area contributed by atoms with E-state index in [1.807, 2.05) is 13.8 Å². The molecule has 0 unspecified atom stereocenters. The molecule has 0 bridgehead atoms. The van der Waals surface area contributed by atoms with Gasteiger partial charge in [0.25, 0.3) is 0 Å². The van der Waals surface area contributed by atoms with E-state index < -0.39 is 0 Å². The number of hydrogen-bond donors (Lipinski definition) is 0. The lowest BCUT2D eigenvalue weighted by Crippen LogP contribution is -1.93. The van der Waals surface area contributed by atoms with Crippen molar-refractivity contribution in [1.82, 2.24) is 0 Å². The quantitative estimate of drug-likeness (QED) is 0.536. The van der Waals surface area contributed by atoms with E-state index >= 15 is 0 Å². The highest BCUT2D eigenvalue weighted by Gasteiger charge is 2.03. The van der Waals surface area contributed by atoms with Gasteiger partial charge in [-0.25, -0.2) is 0 Å². The average molecular weight is 313 g/mol. The fraction of sp³-hybridized carbons (Fsp3) is 0.478. The Kier molecular flexibility index (Phi) is 10.3. The van der Waals surface area contributed by atoms with Crippen LogP contribution < -0.4 is 0 Å². The van der Waals surface area contributed by atoms with E-state index in [1.54, 1.807) is 0 Å². The van der Waals surface area contributed by atoms with Gasteiger partial charge in [0.2, 0.25) is 0 Å². The third kappa shape index (κ3) is 7.50. The van der Waals surface area contributed by atoms with Crippen LogP contribution in [0.1, 0.15) is 81.2 Å². The first kappa shape index (κ1) is 21.4. The van der Waals surface area contributed by atoms with Gasteiger partial charge in [-0.2, -0.15) is 0 Å². The maximum absolute atomic E-state index is 2.24. The molecule has 0 radical (unpaired) electrons. The Bertz CT molecular complexity index is 545. The molecule has 0 fully saturated rings. The molecule has 0 spiro atoms. The SMILES string of the molecule is CC.Cc1ccc(C(C)C)cc1.Cc1cccc(C(C)C)c1C. The van der Waals surface area contributed by atoms with Crippen molar-refractivity contribution >= 4 is 0 Å². The van der Waals surface area contributed by atoms with Crippen LogP contribution in [0.2, 0.25) is 0 Å². The molecular formula is C23H36. The summed E-state index contributed by atoms with van der Waals surface area (Å²) in [5.74, 6) is 1.30. The molecule has 2 aromatic carbocycles. The lowest BCUT2D eigenvalue weighted by Gasteiger charge is -2.10. The van der Waals surface area contributed by atoms with Gasteiger partial charge in [0, 0.05) is 0 Å². The molecule has 0 nitrogen and oxygen atoms in total. The van der Waals surface area contributed by atoms with Crippen LogP contribution in [-0.2, 0) is 0 Å². The number of aryl methyl sites for hydroxylation is 2. The zero-order chi connectivity index (χ0) is 18.0. The predicted molar refractivity (Wildman–Crippen MR) is 107 cm³/mol. The van der Waals surface area contributed by atoms with Crippen molar-refractivity contribution in [2.24, 2.45) is 0 Å². The van der Waals surface area contributed by atoms with Crippen LogP contribution in [0.15, 0.2) is 42.5 Å². The monoisotopic (exact) mass is 312 g/mol. The molecule has 2 aromatic rings. The van der Waals surface area contributed by atoms with E-state index in [0.717, 1.165) is 0 Å². The van der Waals surface area contributed by atoms with Gasteiger partial charge in [-0.15, -0.1) is 0 Å². The van der Waals surface area contributed by atoms with Crippen molar-refractivity contribution in [2.45, 2.75) is 74.1 Å². The van der Waals surface area contributed by atoms with Crippen molar-refractivity contribution in [3.05, 3.63) is 70.3 Å². The summed E-state index contributed by atoms with van der Waals surface area (Å²) in [6.45, 7) is 19.4. The van der Waals surface area contributed by atoms with Gasteiger partial charge in [-0.1, -0.05) is 89.6 Å². The van der Waals surface area contributed by atoms with Gasteiger partial charge in [0.15, 0.2) is 0 Å². The highest BCUT2D eigenvalue weighted by atomic mass is 14.1. The summed E-state index contributed by atoms with van der Waals surface area (Å²) in [6.07, 6.45) is 0. The van der Waals surface area contributed by atoms with Crippen LogP contribution in [0.3, 0.4) is 0 Å². The summed E-state index contributed by atoms with van der Waals surface area (Å²) in [5, 5.41) is 0. The van der Waals surface area contributed by atoms with Gasteiger partial charge < -0.3 is 0 Å². The highest BCUT2D eigenvalue weighted by Crippen LogP contribution is 2.20. The molecule has 128 valence electrons. The third-order valence-electron chi connectivity index (χ3n) is 4.01. The molecule has 2 rings (SSSR count). The summed E-state index contributed by atoms with van der Waals surface area (Å²) in [4.78, 5) is 0. The number of hydrogen-bond acceptors (Lipinski definition) is 0. The third-order valence-corrected chi connectivity index (χ3v) is 4.01. The summed E-state index contributed by atoms with van der Waals surface area (Å²) in [6, 6.07) is 15.2. The van der Waals surface area contributed by atoms with Crippen LogP contribution in [0.25, 0.3) is 0 Å². The first-order valence-corrected chi connectivity index (χ1v) is 8.95.